The minimum atomic E-state index is -1.49. The average Bonchev–Trinajstić information content (AvgIpc) is 3.44. The summed E-state index contributed by atoms with van der Waals surface area (Å²) in [6.45, 7) is 2.98. The van der Waals surface area contributed by atoms with Crippen molar-refractivity contribution in [2.24, 2.45) is 0 Å². The van der Waals surface area contributed by atoms with Crippen molar-refractivity contribution in [2.75, 3.05) is 18.9 Å². The number of anilines is 1. The Balaban J connectivity index is 1.38. The Labute approximate surface area is 208 Å². The van der Waals surface area contributed by atoms with E-state index in [1.165, 1.54) is 10.7 Å². The highest BCUT2D eigenvalue weighted by atomic mass is 19.1. The molecule has 4 aromatic rings. The zero-order valence-electron chi connectivity index (χ0n) is 19.9. The smallest absolute Gasteiger partial charge is 0.263 e. The molecule has 0 aliphatic carbocycles. The summed E-state index contributed by atoms with van der Waals surface area (Å²) in [4.78, 5) is 8.44. The zero-order valence-corrected chi connectivity index (χ0v) is 19.9. The second kappa shape index (κ2) is 11.0. The minimum Gasteiger partial charge on any atom is -0.475 e. The van der Waals surface area contributed by atoms with Gasteiger partial charge in [-0.1, -0.05) is 60.7 Å². The fourth-order valence-corrected chi connectivity index (χ4v) is 4.23. The summed E-state index contributed by atoms with van der Waals surface area (Å²) in [5, 5.41) is 4.23. The Kier molecular flexibility index (Phi) is 7.36. The van der Waals surface area contributed by atoms with Gasteiger partial charge in [0.2, 0.25) is 11.6 Å². The number of halogens is 1. The van der Waals surface area contributed by atoms with Crippen LogP contribution in [0.3, 0.4) is 0 Å². The number of fused-ring (bicyclic) bond motifs is 1. The Morgan fingerprint density at radius 1 is 1.03 bits per heavy atom. The number of hydrogen-bond acceptors (Lipinski definition) is 8. The maximum Gasteiger partial charge on any atom is 0.263 e. The van der Waals surface area contributed by atoms with Crippen LogP contribution < -0.4 is 10.5 Å². The molecule has 9 nitrogen and oxygen atoms in total. The van der Waals surface area contributed by atoms with Crippen molar-refractivity contribution < 1.29 is 23.3 Å². The third-order valence-electron chi connectivity index (χ3n) is 5.92. The van der Waals surface area contributed by atoms with Gasteiger partial charge in [0.25, 0.3) is 5.88 Å². The number of nitrogens with zero attached hydrogens (tertiary/aromatic N) is 4. The Morgan fingerprint density at radius 2 is 1.72 bits per heavy atom. The fourth-order valence-electron chi connectivity index (χ4n) is 4.23. The molecule has 1 saturated heterocycles. The SMILES string of the molecule is CCOc1nc(N)nn2c([C@@H]3O[C@H](COCc4ccccc4)[C@@H](OCc4ccccc4)[C@H]3F)cnc12. The summed E-state index contributed by atoms with van der Waals surface area (Å²) in [6, 6.07) is 19.4. The fraction of sp³-hybridized carbons (Fsp3) is 0.346. The van der Waals surface area contributed by atoms with Gasteiger partial charge in [-0.05, 0) is 18.1 Å². The molecule has 0 unspecified atom stereocenters. The lowest BCUT2D eigenvalue weighted by Gasteiger charge is -2.20. The molecule has 0 amide bonds. The Bertz CT molecular complexity index is 1270. The van der Waals surface area contributed by atoms with Gasteiger partial charge in [-0.25, -0.2) is 13.9 Å². The summed E-state index contributed by atoms with van der Waals surface area (Å²) in [6.07, 6.45) is -2.49. The number of rotatable bonds is 10. The maximum absolute atomic E-state index is 15.9. The van der Waals surface area contributed by atoms with E-state index in [9.17, 15) is 0 Å². The number of hydrogen-bond donors (Lipinski definition) is 1. The first-order chi connectivity index (χ1) is 17.6. The van der Waals surface area contributed by atoms with Crippen LogP contribution in [0.1, 0.15) is 29.8 Å². The van der Waals surface area contributed by atoms with Crippen molar-refractivity contribution in [2.45, 2.75) is 44.6 Å². The van der Waals surface area contributed by atoms with Gasteiger partial charge < -0.3 is 24.7 Å². The van der Waals surface area contributed by atoms with Crippen molar-refractivity contribution in [1.29, 1.82) is 0 Å². The third-order valence-corrected chi connectivity index (χ3v) is 5.92. The zero-order chi connectivity index (χ0) is 24.9. The van der Waals surface area contributed by atoms with Crippen molar-refractivity contribution in [3.05, 3.63) is 83.7 Å². The lowest BCUT2D eigenvalue weighted by Crippen LogP contribution is -2.34. The standard InChI is InChI=1S/C26H28FN5O4/c1-2-34-25-24-29-13-19(32(24)31-26(28)30-25)22-21(27)23(35-15-18-11-7-4-8-12-18)20(36-22)16-33-14-17-9-5-3-6-10-17/h3-13,20-23H,2,14-16H2,1H3,(H2,28,31)/t20-,21+,22+,23-/m1/s1. The average molecular weight is 494 g/mol. The third kappa shape index (κ3) is 5.15. The van der Waals surface area contributed by atoms with Crippen molar-refractivity contribution in [3.63, 3.8) is 0 Å². The molecule has 3 heterocycles. The summed E-state index contributed by atoms with van der Waals surface area (Å²) in [5.41, 5.74) is 8.56. The largest absolute Gasteiger partial charge is 0.475 e. The number of nitrogens with two attached hydrogens (primary N) is 1. The Morgan fingerprint density at radius 3 is 2.42 bits per heavy atom. The van der Waals surface area contributed by atoms with Gasteiger partial charge >= 0.3 is 0 Å². The second-order valence-electron chi connectivity index (χ2n) is 8.43. The number of nitrogen functional groups attached to an aromatic ring is 1. The molecule has 1 fully saturated rings. The van der Waals surface area contributed by atoms with Gasteiger partial charge in [-0.2, -0.15) is 4.98 Å². The minimum absolute atomic E-state index is 0.0155. The maximum atomic E-state index is 15.9. The van der Waals surface area contributed by atoms with E-state index >= 15 is 4.39 Å². The van der Waals surface area contributed by atoms with Gasteiger partial charge in [0.15, 0.2) is 6.17 Å². The molecule has 4 atom stereocenters. The normalized spacial score (nSPS) is 21.7. The molecule has 1 aliphatic rings. The predicted molar refractivity (Wildman–Crippen MR) is 130 cm³/mol. The summed E-state index contributed by atoms with van der Waals surface area (Å²) >= 11 is 0. The lowest BCUT2D eigenvalue weighted by molar-refractivity contribution is -0.0742. The van der Waals surface area contributed by atoms with E-state index in [2.05, 4.69) is 15.1 Å². The summed E-state index contributed by atoms with van der Waals surface area (Å²) in [7, 11) is 0. The highest BCUT2D eigenvalue weighted by molar-refractivity contribution is 5.51. The van der Waals surface area contributed by atoms with E-state index in [1.54, 1.807) is 0 Å². The van der Waals surface area contributed by atoms with Gasteiger partial charge in [-0.15, -0.1) is 5.10 Å². The molecule has 10 heteroatoms. The van der Waals surface area contributed by atoms with E-state index in [1.807, 2.05) is 67.6 Å². The quantitative estimate of drug-likeness (QED) is 0.357. The molecule has 0 saturated carbocycles. The molecule has 188 valence electrons. The number of alkyl halides is 1. The topological polar surface area (TPSA) is 106 Å². The van der Waals surface area contributed by atoms with E-state index in [4.69, 9.17) is 24.7 Å². The molecule has 1 aliphatic heterocycles. The molecule has 2 aromatic heterocycles. The van der Waals surface area contributed by atoms with Crippen LogP contribution in [0.5, 0.6) is 5.88 Å². The molecule has 2 aromatic carbocycles. The van der Waals surface area contributed by atoms with Crippen LogP contribution in [-0.2, 0) is 27.4 Å². The van der Waals surface area contributed by atoms with E-state index in [0.29, 0.717) is 24.6 Å². The van der Waals surface area contributed by atoms with Crippen molar-refractivity contribution in [1.82, 2.24) is 19.6 Å². The van der Waals surface area contributed by atoms with E-state index in [-0.39, 0.29) is 25.0 Å². The van der Waals surface area contributed by atoms with Crippen LogP contribution in [0, 0.1) is 0 Å². The van der Waals surface area contributed by atoms with Crippen LogP contribution in [0.2, 0.25) is 0 Å². The number of aromatic nitrogens is 4. The summed E-state index contributed by atoms with van der Waals surface area (Å²) in [5.74, 6) is 0.211. The van der Waals surface area contributed by atoms with Gasteiger partial charge in [-0.3, -0.25) is 0 Å². The van der Waals surface area contributed by atoms with Crippen LogP contribution >= 0.6 is 0 Å². The number of benzene rings is 2. The molecule has 0 radical (unpaired) electrons. The van der Waals surface area contributed by atoms with Crippen molar-refractivity contribution >= 4 is 11.6 Å². The monoisotopic (exact) mass is 493 g/mol. The van der Waals surface area contributed by atoms with Crippen LogP contribution in [0.15, 0.2) is 66.9 Å². The number of imidazole rings is 1. The highest BCUT2D eigenvalue weighted by Crippen LogP contribution is 2.38. The molecule has 0 bridgehead atoms. The van der Waals surface area contributed by atoms with Crippen LogP contribution in [-0.4, -0.2) is 51.2 Å². The molecular weight excluding hydrogens is 465 g/mol. The second-order valence-corrected chi connectivity index (χ2v) is 8.43. The molecule has 5 rings (SSSR count). The first-order valence-electron chi connectivity index (χ1n) is 11.8. The van der Waals surface area contributed by atoms with Crippen LogP contribution in [0.4, 0.5) is 10.3 Å². The highest BCUT2D eigenvalue weighted by Gasteiger charge is 2.48. The van der Waals surface area contributed by atoms with Gasteiger partial charge in [0.05, 0.1) is 38.3 Å². The Hall–Kier alpha value is -3.60. The van der Waals surface area contributed by atoms with Gasteiger partial charge in [0.1, 0.15) is 18.3 Å². The molecule has 36 heavy (non-hydrogen) atoms. The predicted octanol–water partition coefficient (Wildman–Crippen LogP) is 3.69. The number of ether oxygens (including phenoxy) is 4. The summed E-state index contributed by atoms with van der Waals surface area (Å²) < 4.78 is 41.0. The first kappa shape index (κ1) is 24.1. The molecular formula is C26H28FN5O4. The van der Waals surface area contributed by atoms with Crippen molar-refractivity contribution in [3.8, 4) is 5.88 Å². The lowest BCUT2D eigenvalue weighted by atomic mass is 10.1. The molecule has 0 spiro atoms. The van der Waals surface area contributed by atoms with Crippen LogP contribution in [0.25, 0.3) is 5.65 Å². The van der Waals surface area contributed by atoms with Gasteiger partial charge in [0, 0.05) is 0 Å². The first-order valence-corrected chi connectivity index (χ1v) is 11.8. The van der Waals surface area contributed by atoms with E-state index < -0.39 is 24.5 Å². The molecule has 2 N–H and O–H groups in total. The van der Waals surface area contributed by atoms with E-state index in [0.717, 1.165) is 11.1 Å².